The summed E-state index contributed by atoms with van der Waals surface area (Å²) in [6.45, 7) is 0. The molecule has 2 saturated carbocycles. The Kier molecular flexibility index (Phi) is 2.60. The maximum absolute atomic E-state index is 6.56. The van der Waals surface area contributed by atoms with Gasteiger partial charge in [-0.25, -0.2) is 0 Å². The van der Waals surface area contributed by atoms with Crippen molar-refractivity contribution in [3.05, 3.63) is 34.3 Å². The SMILES string of the molecule is NC1(C2CCCC2)CC1c1cccc(Br)c1. The first kappa shape index (κ1) is 10.8. The van der Waals surface area contributed by atoms with Crippen LogP contribution in [0.15, 0.2) is 28.7 Å². The van der Waals surface area contributed by atoms with Gasteiger partial charge in [-0.15, -0.1) is 0 Å². The Bertz CT molecular complexity index is 397. The van der Waals surface area contributed by atoms with Crippen LogP contribution in [0.2, 0.25) is 0 Å². The largest absolute Gasteiger partial charge is 0.324 e. The number of hydrogen-bond donors (Lipinski definition) is 1. The van der Waals surface area contributed by atoms with Crippen molar-refractivity contribution in [3.8, 4) is 0 Å². The van der Waals surface area contributed by atoms with Gasteiger partial charge in [0.15, 0.2) is 0 Å². The Morgan fingerprint density at radius 1 is 1.25 bits per heavy atom. The molecule has 16 heavy (non-hydrogen) atoms. The van der Waals surface area contributed by atoms with E-state index >= 15 is 0 Å². The van der Waals surface area contributed by atoms with Gasteiger partial charge in [-0.3, -0.25) is 0 Å². The second kappa shape index (κ2) is 3.85. The molecule has 0 saturated heterocycles. The summed E-state index contributed by atoms with van der Waals surface area (Å²) >= 11 is 3.54. The fourth-order valence-corrected chi connectivity index (χ4v) is 3.78. The third-order valence-electron chi connectivity index (χ3n) is 4.41. The molecule has 1 aromatic rings. The van der Waals surface area contributed by atoms with Gasteiger partial charge in [0, 0.05) is 15.9 Å². The van der Waals surface area contributed by atoms with Crippen molar-refractivity contribution in [2.75, 3.05) is 0 Å². The molecule has 2 N–H and O–H groups in total. The van der Waals surface area contributed by atoms with Crippen LogP contribution in [0.4, 0.5) is 0 Å². The second-order valence-electron chi connectivity index (χ2n) is 5.41. The number of nitrogens with two attached hydrogens (primary N) is 1. The van der Waals surface area contributed by atoms with E-state index in [0.29, 0.717) is 5.92 Å². The molecule has 0 radical (unpaired) electrons. The summed E-state index contributed by atoms with van der Waals surface area (Å²) in [7, 11) is 0. The van der Waals surface area contributed by atoms with E-state index in [0.717, 1.165) is 5.92 Å². The van der Waals surface area contributed by atoms with Crippen LogP contribution in [0, 0.1) is 5.92 Å². The highest BCUT2D eigenvalue weighted by Crippen LogP contribution is 2.57. The van der Waals surface area contributed by atoms with E-state index in [1.54, 1.807) is 0 Å². The summed E-state index contributed by atoms with van der Waals surface area (Å²) in [5.41, 5.74) is 8.11. The number of hydrogen-bond acceptors (Lipinski definition) is 1. The maximum atomic E-state index is 6.56. The van der Waals surface area contributed by atoms with Crippen LogP contribution in [-0.2, 0) is 0 Å². The van der Waals surface area contributed by atoms with Crippen LogP contribution >= 0.6 is 15.9 Å². The van der Waals surface area contributed by atoms with Gasteiger partial charge in [-0.05, 0) is 42.9 Å². The molecule has 86 valence electrons. The number of benzene rings is 1. The van der Waals surface area contributed by atoms with E-state index in [1.807, 2.05) is 0 Å². The zero-order valence-corrected chi connectivity index (χ0v) is 11.0. The quantitative estimate of drug-likeness (QED) is 0.875. The first-order valence-corrected chi connectivity index (χ1v) is 7.04. The Balaban J connectivity index is 1.79. The first-order valence-electron chi connectivity index (χ1n) is 6.24. The van der Waals surface area contributed by atoms with E-state index in [9.17, 15) is 0 Å². The third kappa shape index (κ3) is 1.72. The monoisotopic (exact) mass is 279 g/mol. The molecule has 2 atom stereocenters. The van der Waals surface area contributed by atoms with Crippen molar-refractivity contribution < 1.29 is 0 Å². The average Bonchev–Trinajstić information content (AvgIpc) is 2.76. The van der Waals surface area contributed by atoms with Crippen molar-refractivity contribution in [2.24, 2.45) is 11.7 Å². The summed E-state index contributed by atoms with van der Waals surface area (Å²) in [4.78, 5) is 0. The Hall–Kier alpha value is -0.340. The highest BCUT2D eigenvalue weighted by molar-refractivity contribution is 9.10. The molecule has 2 unspecified atom stereocenters. The molecule has 2 aliphatic carbocycles. The van der Waals surface area contributed by atoms with E-state index in [2.05, 4.69) is 40.2 Å². The molecule has 0 amide bonds. The molecule has 0 spiro atoms. The molecule has 2 aliphatic rings. The van der Waals surface area contributed by atoms with E-state index < -0.39 is 0 Å². The average molecular weight is 280 g/mol. The topological polar surface area (TPSA) is 26.0 Å². The lowest BCUT2D eigenvalue weighted by molar-refractivity contribution is 0.404. The summed E-state index contributed by atoms with van der Waals surface area (Å²) in [6.07, 6.45) is 6.65. The number of halogens is 1. The van der Waals surface area contributed by atoms with Crippen LogP contribution < -0.4 is 5.73 Å². The molecule has 0 heterocycles. The second-order valence-corrected chi connectivity index (χ2v) is 6.32. The molecule has 0 bridgehead atoms. The predicted molar refractivity (Wildman–Crippen MR) is 70.4 cm³/mol. The zero-order chi connectivity index (χ0) is 11.2. The molecule has 1 nitrogen and oxygen atoms in total. The minimum absolute atomic E-state index is 0.122. The lowest BCUT2D eigenvalue weighted by atomic mass is 9.92. The van der Waals surface area contributed by atoms with Crippen LogP contribution in [-0.4, -0.2) is 5.54 Å². The van der Waals surface area contributed by atoms with Crippen LogP contribution in [0.3, 0.4) is 0 Å². The molecule has 2 heteroatoms. The Morgan fingerprint density at radius 2 is 2.00 bits per heavy atom. The highest BCUT2D eigenvalue weighted by Gasteiger charge is 2.56. The van der Waals surface area contributed by atoms with Gasteiger partial charge < -0.3 is 5.73 Å². The molecule has 1 aromatic carbocycles. The van der Waals surface area contributed by atoms with Crippen molar-refractivity contribution >= 4 is 15.9 Å². The minimum Gasteiger partial charge on any atom is -0.324 e. The van der Waals surface area contributed by atoms with Gasteiger partial charge in [0.25, 0.3) is 0 Å². The van der Waals surface area contributed by atoms with Crippen molar-refractivity contribution in [3.63, 3.8) is 0 Å². The van der Waals surface area contributed by atoms with Crippen LogP contribution in [0.25, 0.3) is 0 Å². The van der Waals surface area contributed by atoms with Crippen molar-refractivity contribution in [2.45, 2.75) is 43.6 Å². The van der Waals surface area contributed by atoms with Gasteiger partial charge in [-0.1, -0.05) is 40.9 Å². The van der Waals surface area contributed by atoms with Crippen molar-refractivity contribution in [1.82, 2.24) is 0 Å². The molecule has 2 fully saturated rings. The fraction of sp³-hybridized carbons (Fsp3) is 0.571. The molecule has 0 aromatic heterocycles. The normalized spacial score (nSPS) is 34.2. The van der Waals surface area contributed by atoms with Gasteiger partial charge in [0.1, 0.15) is 0 Å². The van der Waals surface area contributed by atoms with E-state index in [4.69, 9.17) is 5.73 Å². The summed E-state index contributed by atoms with van der Waals surface area (Å²) < 4.78 is 1.17. The summed E-state index contributed by atoms with van der Waals surface area (Å²) in [5, 5.41) is 0. The lowest BCUT2D eigenvalue weighted by Crippen LogP contribution is -2.32. The number of rotatable bonds is 2. The molecule has 3 rings (SSSR count). The van der Waals surface area contributed by atoms with Gasteiger partial charge >= 0.3 is 0 Å². The highest BCUT2D eigenvalue weighted by atomic mass is 79.9. The van der Waals surface area contributed by atoms with Gasteiger partial charge in [-0.2, -0.15) is 0 Å². The smallest absolute Gasteiger partial charge is 0.0259 e. The van der Waals surface area contributed by atoms with Gasteiger partial charge in [0.05, 0.1) is 0 Å². The minimum atomic E-state index is 0.122. The summed E-state index contributed by atoms with van der Waals surface area (Å²) in [5.74, 6) is 1.38. The maximum Gasteiger partial charge on any atom is 0.0259 e. The standard InChI is InChI=1S/C14H18BrN/c15-12-7-3-4-10(8-12)13-9-14(13,16)11-5-1-2-6-11/h3-4,7-8,11,13H,1-2,5-6,9,16H2. The Labute approximate surface area is 106 Å². The molecule has 0 aliphatic heterocycles. The van der Waals surface area contributed by atoms with Crippen LogP contribution in [0.1, 0.15) is 43.6 Å². The fourth-order valence-electron chi connectivity index (χ4n) is 3.36. The van der Waals surface area contributed by atoms with E-state index in [-0.39, 0.29) is 5.54 Å². The third-order valence-corrected chi connectivity index (χ3v) is 4.91. The van der Waals surface area contributed by atoms with Gasteiger partial charge in [0.2, 0.25) is 0 Å². The first-order chi connectivity index (χ1) is 7.70. The Morgan fingerprint density at radius 3 is 2.69 bits per heavy atom. The molecular weight excluding hydrogens is 262 g/mol. The van der Waals surface area contributed by atoms with Crippen molar-refractivity contribution in [1.29, 1.82) is 0 Å². The van der Waals surface area contributed by atoms with E-state index in [1.165, 1.54) is 42.1 Å². The predicted octanol–water partition coefficient (Wildman–Crippen LogP) is 3.82. The molecular formula is C14H18BrN. The summed E-state index contributed by atoms with van der Waals surface area (Å²) in [6, 6.07) is 8.65. The van der Waals surface area contributed by atoms with Crippen LogP contribution in [0.5, 0.6) is 0 Å². The zero-order valence-electron chi connectivity index (χ0n) is 9.45. The lowest BCUT2D eigenvalue weighted by Gasteiger charge is -2.19.